The normalized spacial score (nSPS) is 15.6. The second kappa shape index (κ2) is 15.0. The molecule has 9 heteroatoms. The quantitative estimate of drug-likeness (QED) is 0.178. The van der Waals surface area contributed by atoms with Crippen LogP contribution in [0.1, 0.15) is 51.3 Å². The molecule has 0 amide bonds. The van der Waals surface area contributed by atoms with E-state index in [9.17, 15) is 4.79 Å². The van der Waals surface area contributed by atoms with E-state index in [1.54, 1.807) is 20.1 Å². The molecular weight excluding hydrogens is 511 g/mol. The first kappa shape index (κ1) is 30.0. The predicted molar refractivity (Wildman–Crippen MR) is 132 cm³/mol. The number of ether oxygens (including phenoxy) is 1. The molecule has 0 N–H and O–H groups in total. The Balaban J connectivity index is 0.00000177. The van der Waals surface area contributed by atoms with Crippen molar-refractivity contribution in [3.63, 3.8) is 0 Å². The van der Waals surface area contributed by atoms with Gasteiger partial charge in [0.2, 0.25) is 0 Å². The third-order valence-corrected chi connectivity index (χ3v) is 5.32. The van der Waals surface area contributed by atoms with E-state index < -0.39 is 0 Å². The Morgan fingerprint density at radius 1 is 1.39 bits per heavy atom. The number of allylic oxidation sites excluding steroid dienone is 1. The number of oxime groups is 1. The van der Waals surface area contributed by atoms with Crippen molar-refractivity contribution in [2.24, 2.45) is 10.1 Å². The monoisotopic (exact) mass is 540 g/mol. The molecule has 1 fully saturated rings. The van der Waals surface area contributed by atoms with Gasteiger partial charge < -0.3 is 15.5 Å². The second-order valence-electron chi connectivity index (χ2n) is 6.98. The number of rotatable bonds is 7. The van der Waals surface area contributed by atoms with Gasteiger partial charge in [0.25, 0.3) is 5.56 Å². The zero-order chi connectivity index (χ0) is 23.7. The summed E-state index contributed by atoms with van der Waals surface area (Å²) in [6.45, 7) is 13.9. The molecule has 7 nitrogen and oxygen atoms in total. The van der Waals surface area contributed by atoms with Gasteiger partial charge in [-0.15, -0.1) is 11.6 Å². The SMILES string of the molecule is C=C(Cn1cnc(/N=C\C)c(C)c1=O)O/N=C(\C)[C-]1CO[C@@H](c2ccc(Br)cc2)C1.CC.[K+]. The van der Waals surface area contributed by atoms with Gasteiger partial charge in [0.05, 0.1) is 18.2 Å². The minimum atomic E-state index is -0.188. The first-order valence-electron chi connectivity index (χ1n) is 10.5. The molecule has 1 aromatic heterocycles. The van der Waals surface area contributed by atoms with E-state index in [-0.39, 0.29) is 69.6 Å². The van der Waals surface area contributed by atoms with Crippen molar-refractivity contribution in [3.8, 4) is 0 Å². The molecule has 2 heterocycles. The van der Waals surface area contributed by atoms with E-state index in [1.165, 1.54) is 10.9 Å². The van der Waals surface area contributed by atoms with Crippen LogP contribution >= 0.6 is 15.9 Å². The number of hydrogen-bond acceptors (Lipinski definition) is 6. The molecule has 0 unspecified atom stereocenters. The van der Waals surface area contributed by atoms with E-state index in [1.807, 2.05) is 45.0 Å². The summed E-state index contributed by atoms with van der Waals surface area (Å²) in [6.07, 6.45) is 3.81. The number of aromatic nitrogens is 2. The average Bonchev–Trinajstić information content (AvgIpc) is 3.29. The van der Waals surface area contributed by atoms with Gasteiger partial charge in [0.15, 0.2) is 5.82 Å². The molecule has 0 radical (unpaired) electrons. The molecule has 3 rings (SSSR count). The Bertz CT molecular complexity index is 1030. The van der Waals surface area contributed by atoms with Crippen molar-refractivity contribution >= 4 is 33.7 Å². The molecule has 1 aliphatic heterocycles. The Labute approximate surface area is 246 Å². The number of hydrogen-bond donors (Lipinski definition) is 0. The van der Waals surface area contributed by atoms with Crippen LogP contribution in [0.25, 0.3) is 0 Å². The molecule has 172 valence electrons. The summed E-state index contributed by atoms with van der Waals surface area (Å²) in [7, 11) is 0. The minimum absolute atomic E-state index is 0. The Morgan fingerprint density at radius 3 is 2.70 bits per heavy atom. The van der Waals surface area contributed by atoms with E-state index in [2.05, 4.69) is 37.6 Å². The van der Waals surface area contributed by atoms with Gasteiger partial charge in [-0.2, -0.15) is 0 Å². The molecule has 33 heavy (non-hydrogen) atoms. The van der Waals surface area contributed by atoms with Crippen LogP contribution in [0.15, 0.2) is 62.3 Å². The zero-order valence-corrected chi connectivity index (χ0v) is 25.0. The van der Waals surface area contributed by atoms with Crippen LogP contribution in [0.4, 0.5) is 5.82 Å². The fourth-order valence-electron chi connectivity index (χ4n) is 3.05. The van der Waals surface area contributed by atoms with Crippen LogP contribution in [0.3, 0.4) is 0 Å². The molecule has 0 bridgehead atoms. The Morgan fingerprint density at radius 2 is 2.06 bits per heavy atom. The number of aliphatic imine (C=N–C) groups is 1. The van der Waals surface area contributed by atoms with Gasteiger partial charge in [-0.05, 0) is 31.5 Å². The maximum atomic E-state index is 12.4. The van der Waals surface area contributed by atoms with Gasteiger partial charge in [-0.3, -0.25) is 9.36 Å². The maximum Gasteiger partial charge on any atom is 1.00 e. The van der Waals surface area contributed by atoms with E-state index in [0.29, 0.717) is 23.7 Å². The topological polar surface area (TPSA) is 78.1 Å². The molecule has 0 spiro atoms. The van der Waals surface area contributed by atoms with Crippen molar-refractivity contribution in [1.82, 2.24) is 9.55 Å². The molecule has 2 aromatic rings. The molecule has 1 aliphatic rings. The number of benzene rings is 1. The number of halogens is 1. The van der Waals surface area contributed by atoms with Crippen molar-refractivity contribution in [2.45, 2.75) is 53.7 Å². The van der Waals surface area contributed by atoms with Crippen LogP contribution in [-0.4, -0.2) is 28.1 Å². The molecule has 0 saturated carbocycles. The number of nitrogens with zero attached hydrogens (tertiary/aromatic N) is 4. The Hall–Kier alpha value is -1.07. The van der Waals surface area contributed by atoms with E-state index in [0.717, 1.165) is 28.1 Å². The first-order chi connectivity index (χ1) is 15.4. The Kier molecular flexibility index (Phi) is 13.6. The van der Waals surface area contributed by atoms with Crippen molar-refractivity contribution in [2.75, 3.05) is 6.61 Å². The third-order valence-electron chi connectivity index (χ3n) is 4.79. The van der Waals surface area contributed by atoms with Gasteiger partial charge in [-0.1, -0.05) is 67.7 Å². The summed E-state index contributed by atoms with van der Waals surface area (Å²) in [5.74, 6) is 1.83. The molecule has 0 aliphatic carbocycles. The van der Waals surface area contributed by atoms with Crippen LogP contribution < -0.4 is 56.9 Å². The molecule has 1 aromatic carbocycles. The van der Waals surface area contributed by atoms with Gasteiger partial charge in [0.1, 0.15) is 12.1 Å². The van der Waals surface area contributed by atoms with Crippen LogP contribution in [0.2, 0.25) is 0 Å². The van der Waals surface area contributed by atoms with Gasteiger partial charge >= 0.3 is 51.4 Å². The van der Waals surface area contributed by atoms with Crippen molar-refractivity contribution in [3.05, 3.63) is 74.8 Å². The van der Waals surface area contributed by atoms with Crippen LogP contribution in [-0.2, 0) is 16.1 Å². The molecular formula is C24H30BrKN4O3. The van der Waals surface area contributed by atoms with Crippen LogP contribution in [0.5, 0.6) is 0 Å². The standard InChI is InChI=1S/C22H24BrN4O3.C2H6.K/c1-5-24-21-15(3)22(28)27(13-25-21)11-14(2)30-26-16(4)18-10-20(29-12-18)17-6-8-19(23)9-7-17;1-2;/h5-9,13,20H,2,10-12H2,1,3-4H3;1-2H3;/q-1;;+1/b24-5-,26-16+;;/t20-;;/m1../s1. The second-order valence-corrected chi connectivity index (χ2v) is 7.89. The average molecular weight is 542 g/mol. The molecule has 1 saturated heterocycles. The smallest absolute Gasteiger partial charge is 0.405 e. The van der Waals surface area contributed by atoms with E-state index in [4.69, 9.17) is 9.57 Å². The summed E-state index contributed by atoms with van der Waals surface area (Å²) >= 11 is 3.44. The fourth-order valence-corrected chi connectivity index (χ4v) is 3.32. The summed E-state index contributed by atoms with van der Waals surface area (Å²) in [5, 5.41) is 4.18. The predicted octanol–water partition coefficient (Wildman–Crippen LogP) is 2.71. The minimum Gasteiger partial charge on any atom is -0.405 e. The largest absolute Gasteiger partial charge is 1.00 e. The fraction of sp³-hybridized carbons (Fsp3) is 0.375. The third kappa shape index (κ3) is 8.58. The van der Waals surface area contributed by atoms with Crippen LogP contribution in [0, 0.1) is 12.8 Å². The van der Waals surface area contributed by atoms with Gasteiger partial charge in [-0.25, -0.2) is 9.98 Å². The maximum absolute atomic E-state index is 12.4. The van der Waals surface area contributed by atoms with Crippen molar-refractivity contribution < 1.29 is 61.0 Å². The summed E-state index contributed by atoms with van der Waals surface area (Å²) in [4.78, 5) is 26.1. The summed E-state index contributed by atoms with van der Waals surface area (Å²) in [5.41, 5.74) is 2.17. The van der Waals surface area contributed by atoms with Crippen molar-refractivity contribution in [1.29, 1.82) is 0 Å². The summed E-state index contributed by atoms with van der Waals surface area (Å²) < 4.78 is 8.36. The zero-order valence-electron chi connectivity index (χ0n) is 20.3. The van der Waals surface area contributed by atoms with E-state index >= 15 is 0 Å². The first-order valence-corrected chi connectivity index (χ1v) is 11.3. The summed E-state index contributed by atoms with van der Waals surface area (Å²) in [6, 6.07) is 8.11. The molecule has 1 atom stereocenters. The van der Waals surface area contributed by atoms with Gasteiger partial charge in [0, 0.05) is 10.7 Å².